The van der Waals surface area contributed by atoms with Gasteiger partial charge in [0, 0.05) is 26.7 Å². The van der Waals surface area contributed by atoms with E-state index >= 15 is 0 Å². The van der Waals surface area contributed by atoms with Gasteiger partial charge in [-0.25, -0.2) is 0 Å². The van der Waals surface area contributed by atoms with E-state index in [0.29, 0.717) is 31.3 Å². The number of benzene rings is 1. The van der Waals surface area contributed by atoms with Gasteiger partial charge in [-0.15, -0.1) is 24.0 Å². The first-order valence-electron chi connectivity index (χ1n) is 8.63. The first-order valence-corrected chi connectivity index (χ1v) is 9.42. The molecule has 0 amide bonds. The van der Waals surface area contributed by atoms with Crippen molar-refractivity contribution in [1.29, 1.82) is 0 Å². The van der Waals surface area contributed by atoms with Crippen LogP contribution < -0.4 is 20.1 Å². The van der Waals surface area contributed by atoms with E-state index in [9.17, 15) is 0 Å². The van der Waals surface area contributed by atoms with Crippen LogP contribution in [0.1, 0.15) is 17.7 Å². The molecule has 0 aliphatic rings. The van der Waals surface area contributed by atoms with Gasteiger partial charge in [-0.05, 0) is 52.2 Å². The highest BCUT2D eigenvalue weighted by molar-refractivity contribution is 14.0. The minimum absolute atomic E-state index is 0. The predicted molar refractivity (Wildman–Crippen MR) is 124 cm³/mol. The van der Waals surface area contributed by atoms with Gasteiger partial charge in [-0.2, -0.15) is 0 Å². The van der Waals surface area contributed by atoms with Gasteiger partial charge in [0.15, 0.2) is 17.5 Å². The number of furan rings is 1. The van der Waals surface area contributed by atoms with Gasteiger partial charge in [-0.3, -0.25) is 4.99 Å². The second kappa shape index (κ2) is 13.7. The van der Waals surface area contributed by atoms with Crippen molar-refractivity contribution in [2.24, 2.45) is 4.99 Å². The van der Waals surface area contributed by atoms with E-state index in [1.165, 1.54) is 0 Å². The van der Waals surface area contributed by atoms with Crippen molar-refractivity contribution in [2.45, 2.75) is 19.6 Å². The summed E-state index contributed by atoms with van der Waals surface area (Å²) in [5.74, 6) is 2.92. The van der Waals surface area contributed by atoms with Crippen LogP contribution in [0.5, 0.6) is 11.5 Å². The molecule has 1 aromatic carbocycles. The molecule has 2 aromatic rings. The summed E-state index contributed by atoms with van der Waals surface area (Å²) in [6.07, 6.45) is 2.51. The number of aliphatic imine (C=N–C) groups is 1. The molecule has 0 saturated carbocycles. The fraction of sp³-hybridized carbons (Fsp3) is 0.421. The molecule has 1 aromatic heterocycles. The lowest BCUT2D eigenvalue weighted by molar-refractivity contribution is 0.105. The SMILES string of the molecule is CN=C(NCCCOCc1ccco1)NCc1cc(Br)c(OC)c(OC)c1.I. The highest BCUT2D eigenvalue weighted by Crippen LogP contribution is 2.36. The van der Waals surface area contributed by atoms with Gasteiger partial charge in [0.25, 0.3) is 0 Å². The minimum atomic E-state index is 0. The fourth-order valence-corrected chi connectivity index (χ4v) is 3.08. The van der Waals surface area contributed by atoms with Crippen LogP contribution in [0.25, 0.3) is 0 Å². The lowest BCUT2D eigenvalue weighted by atomic mass is 10.2. The van der Waals surface area contributed by atoms with E-state index in [0.717, 1.165) is 34.7 Å². The molecule has 2 N–H and O–H groups in total. The van der Waals surface area contributed by atoms with Crippen LogP contribution in [-0.4, -0.2) is 40.4 Å². The zero-order chi connectivity index (χ0) is 19.5. The van der Waals surface area contributed by atoms with E-state index < -0.39 is 0 Å². The van der Waals surface area contributed by atoms with Crippen molar-refractivity contribution in [3.8, 4) is 11.5 Å². The standard InChI is InChI=1S/C19H26BrN3O4.HI/c1-21-19(22-7-5-8-26-13-15-6-4-9-27-15)23-12-14-10-16(20)18(25-3)17(11-14)24-2;/h4,6,9-11H,5,7-8,12-13H2,1-3H3,(H2,21,22,23);1H. The van der Waals surface area contributed by atoms with Crippen LogP contribution >= 0.6 is 39.9 Å². The molecule has 1 heterocycles. The number of halogens is 2. The summed E-state index contributed by atoms with van der Waals surface area (Å²) >= 11 is 3.50. The molecule has 0 unspecified atom stereocenters. The van der Waals surface area contributed by atoms with Crippen LogP contribution in [0.3, 0.4) is 0 Å². The molecule has 0 bridgehead atoms. The van der Waals surface area contributed by atoms with Crippen LogP contribution in [-0.2, 0) is 17.9 Å². The Balaban J connectivity index is 0.00000392. The summed E-state index contributed by atoms with van der Waals surface area (Å²) in [7, 11) is 4.98. The quantitative estimate of drug-likeness (QED) is 0.196. The Morgan fingerprint density at radius 2 is 2.04 bits per heavy atom. The molecule has 156 valence electrons. The lowest BCUT2D eigenvalue weighted by Crippen LogP contribution is -2.37. The molecule has 0 fully saturated rings. The maximum Gasteiger partial charge on any atom is 0.191 e. The number of guanidine groups is 1. The molecule has 0 aliphatic heterocycles. The van der Waals surface area contributed by atoms with Gasteiger partial charge >= 0.3 is 0 Å². The number of methoxy groups -OCH3 is 2. The third-order valence-corrected chi connectivity index (χ3v) is 4.35. The highest BCUT2D eigenvalue weighted by atomic mass is 127. The van der Waals surface area contributed by atoms with Crippen LogP contribution in [0.15, 0.2) is 44.4 Å². The Morgan fingerprint density at radius 1 is 1.21 bits per heavy atom. The number of hydrogen-bond donors (Lipinski definition) is 2. The van der Waals surface area contributed by atoms with E-state index in [-0.39, 0.29) is 24.0 Å². The molecule has 0 atom stereocenters. The van der Waals surface area contributed by atoms with Crippen LogP contribution in [0.2, 0.25) is 0 Å². The second-order valence-corrected chi connectivity index (χ2v) is 6.51. The molecule has 7 nitrogen and oxygen atoms in total. The fourth-order valence-electron chi connectivity index (χ4n) is 2.43. The lowest BCUT2D eigenvalue weighted by Gasteiger charge is -2.14. The second-order valence-electron chi connectivity index (χ2n) is 5.65. The Morgan fingerprint density at radius 3 is 2.68 bits per heavy atom. The Hall–Kier alpha value is -1.46. The van der Waals surface area contributed by atoms with Gasteiger partial charge < -0.3 is 29.3 Å². The summed E-state index contributed by atoms with van der Waals surface area (Å²) in [4.78, 5) is 4.23. The monoisotopic (exact) mass is 567 g/mol. The van der Waals surface area contributed by atoms with E-state index in [1.807, 2.05) is 24.3 Å². The average Bonchev–Trinajstić information content (AvgIpc) is 3.19. The Labute approximate surface area is 191 Å². The number of rotatable bonds is 10. The maximum atomic E-state index is 5.56. The Bertz CT molecular complexity index is 726. The van der Waals surface area contributed by atoms with Crippen molar-refractivity contribution in [3.63, 3.8) is 0 Å². The zero-order valence-corrected chi connectivity index (χ0v) is 20.2. The van der Waals surface area contributed by atoms with Gasteiger partial charge in [0.05, 0.1) is 25.0 Å². The summed E-state index contributed by atoms with van der Waals surface area (Å²) in [5.41, 5.74) is 1.05. The van der Waals surface area contributed by atoms with Crippen LogP contribution in [0.4, 0.5) is 0 Å². The van der Waals surface area contributed by atoms with Crippen molar-refractivity contribution in [3.05, 3.63) is 46.3 Å². The van der Waals surface area contributed by atoms with Crippen molar-refractivity contribution in [2.75, 3.05) is 34.4 Å². The third-order valence-electron chi connectivity index (χ3n) is 3.76. The average molecular weight is 568 g/mol. The molecule has 0 spiro atoms. The first kappa shape index (κ1) is 24.6. The van der Waals surface area contributed by atoms with E-state index in [4.69, 9.17) is 18.6 Å². The molecule has 9 heteroatoms. The third kappa shape index (κ3) is 7.88. The normalized spacial score (nSPS) is 10.9. The topological polar surface area (TPSA) is 77.3 Å². The molecule has 0 saturated heterocycles. The maximum absolute atomic E-state index is 5.56. The van der Waals surface area contributed by atoms with Crippen molar-refractivity contribution >= 4 is 45.9 Å². The number of nitrogens with one attached hydrogen (secondary N) is 2. The highest BCUT2D eigenvalue weighted by Gasteiger charge is 2.10. The zero-order valence-electron chi connectivity index (χ0n) is 16.3. The summed E-state index contributed by atoms with van der Waals surface area (Å²) in [6.45, 7) is 2.50. The van der Waals surface area contributed by atoms with E-state index in [2.05, 4.69) is 31.6 Å². The molecule has 28 heavy (non-hydrogen) atoms. The summed E-state index contributed by atoms with van der Waals surface area (Å²) in [6, 6.07) is 7.68. The van der Waals surface area contributed by atoms with Gasteiger partial charge in [0.2, 0.25) is 0 Å². The minimum Gasteiger partial charge on any atom is -0.493 e. The predicted octanol–water partition coefficient (Wildman–Crippen LogP) is 3.95. The smallest absolute Gasteiger partial charge is 0.191 e. The summed E-state index contributed by atoms with van der Waals surface area (Å²) < 4.78 is 22.3. The first-order chi connectivity index (χ1) is 13.2. The number of hydrogen-bond acceptors (Lipinski definition) is 5. The molecular weight excluding hydrogens is 541 g/mol. The molecule has 2 rings (SSSR count). The molecule has 0 aliphatic carbocycles. The molecule has 0 radical (unpaired) electrons. The van der Waals surface area contributed by atoms with Gasteiger partial charge in [0.1, 0.15) is 12.4 Å². The van der Waals surface area contributed by atoms with Crippen LogP contribution in [0, 0.1) is 0 Å². The largest absolute Gasteiger partial charge is 0.493 e. The number of nitrogens with zero attached hydrogens (tertiary/aromatic N) is 1. The van der Waals surface area contributed by atoms with Gasteiger partial charge in [-0.1, -0.05) is 0 Å². The van der Waals surface area contributed by atoms with Crippen molar-refractivity contribution in [1.82, 2.24) is 10.6 Å². The summed E-state index contributed by atoms with van der Waals surface area (Å²) in [5, 5.41) is 6.55. The molecular formula is C19H27BrIN3O4. The Kier molecular flexibility index (Phi) is 12.0. The number of ether oxygens (including phenoxy) is 3. The van der Waals surface area contributed by atoms with E-state index in [1.54, 1.807) is 27.5 Å². The van der Waals surface area contributed by atoms with Crippen molar-refractivity contribution < 1.29 is 18.6 Å².